The maximum absolute atomic E-state index is 13.2. The van der Waals surface area contributed by atoms with Crippen LogP contribution < -0.4 is 0 Å². The topological polar surface area (TPSA) is 23.6 Å². The molecular weight excluding hydrogens is 480 g/mol. The molecule has 3 rings (SSSR count). The van der Waals surface area contributed by atoms with E-state index in [-0.39, 0.29) is 30.0 Å². The number of benzene rings is 1. The fourth-order valence-electron chi connectivity index (χ4n) is 4.19. The number of halogens is 4. The molecule has 28 heavy (non-hydrogen) atoms. The van der Waals surface area contributed by atoms with Gasteiger partial charge in [-0.25, -0.2) is 0 Å². The van der Waals surface area contributed by atoms with Crippen LogP contribution in [-0.2, 0) is 4.79 Å². The van der Waals surface area contributed by atoms with Crippen molar-refractivity contribution in [2.24, 2.45) is 5.92 Å². The monoisotopic (exact) mass is 508 g/mol. The van der Waals surface area contributed by atoms with E-state index in [4.69, 9.17) is 0 Å². The van der Waals surface area contributed by atoms with Gasteiger partial charge in [-0.1, -0.05) is 12.1 Å². The second-order valence-corrected chi connectivity index (χ2v) is 10.3. The fourth-order valence-corrected chi connectivity index (χ4v) is 4.55. The van der Waals surface area contributed by atoms with Crippen LogP contribution in [0, 0.1) is 9.49 Å². The van der Waals surface area contributed by atoms with Gasteiger partial charge in [0.05, 0.1) is 0 Å². The summed E-state index contributed by atoms with van der Waals surface area (Å²) in [6.45, 7) is 8.41. The molecule has 1 saturated carbocycles. The first-order chi connectivity index (χ1) is 13.0. The Morgan fingerprint density at radius 1 is 1.14 bits per heavy atom. The Kier molecular flexibility index (Phi) is 6.35. The van der Waals surface area contributed by atoms with Crippen LogP contribution in [0.25, 0.3) is 0 Å². The Morgan fingerprint density at radius 2 is 1.71 bits per heavy atom. The number of hydrogen-bond donors (Lipinski definition) is 0. The summed E-state index contributed by atoms with van der Waals surface area (Å²) >= 11 is 2.21. The van der Waals surface area contributed by atoms with Gasteiger partial charge >= 0.3 is 12.1 Å². The standard InChI is InChI=1S/C21H28F3IN2O/c1-20(2,3)26-10-8-14(9-11-26)13-27(19(28)21(22,23)24)18-12-17(18)15-4-6-16(25)7-5-15/h4-7,14,17-18H,8-13H2,1-3H3/t17-,18+/m0/s1. The van der Waals surface area contributed by atoms with E-state index in [9.17, 15) is 18.0 Å². The number of hydrogen-bond acceptors (Lipinski definition) is 2. The third-order valence-corrected chi connectivity index (χ3v) is 6.70. The molecule has 1 aromatic carbocycles. The number of likely N-dealkylation sites (tertiary alicyclic amines) is 1. The minimum atomic E-state index is -4.81. The van der Waals surface area contributed by atoms with Gasteiger partial charge in [-0.2, -0.15) is 13.2 Å². The van der Waals surface area contributed by atoms with Crippen LogP contribution in [-0.4, -0.2) is 53.1 Å². The smallest absolute Gasteiger partial charge is 0.331 e. The Morgan fingerprint density at radius 3 is 2.21 bits per heavy atom. The summed E-state index contributed by atoms with van der Waals surface area (Å²) in [7, 11) is 0. The zero-order valence-corrected chi connectivity index (χ0v) is 18.8. The molecule has 156 valence electrons. The van der Waals surface area contributed by atoms with Crippen molar-refractivity contribution in [3.63, 3.8) is 0 Å². The summed E-state index contributed by atoms with van der Waals surface area (Å²) in [4.78, 5) is 15.7. The van der Waals surface area contributed by atoms with E-state index in [0.29, 0.717) is 6.42 Å². The SMILES string of the molecule is CC(C)(C)N1CCC(CN(C(=O)C(F)(F)F)[C@@H]2C[C@H]2c2ccc(I)cc2)CC1. The summed E-state index contributed by atoms with van der Waals surface area (Å²) in [6.07, 6.45) is -2.53. The lowest BCUT2D eigenvalue weighted by atomic mass is 9.92. The van der Waals surface area contributed by atoms with Crippen molar-refractivity contribution >= 4 is 28.5 Å². The van der Waals surface area contributed by atoms with Gasteiger partial charge in [-0.05, 0) is 99.3 Å². The van der Waals surface area contributed by atoms with Crippen molar-refractivity contribution in [3.8, 4) is 0 Å². The second kappa shape index (κ2) is 8.13. The number of piperidine rings is 1. The molecule has 2 atom stereocenters. The molecule has 7 heteroatoms. The van der Waals surface area contributed by atoms with E-state index >= 15 is 0 Å². The third-order valence-electron chi connectivity index (χ3n) is 5.98. The molecule has 1 aliphatic heterocycles. The molecule has 3 nitrogen and oxygen atoms in total. The molecular formula is C21H28F3IN2O. The first-order valence-corrected chi connectivity index (χ1v) is 10.9. The molecule has 1 heterocycles. The molecule has 1 saturated heterocycles. The quantitative estimate of drug-likeness (QED) is 0.532. The van der Waals surface area contributed by atoms with E-state index in [2.05, 4.69) is 48.3 Å². The number of carbonyl (C=O) groups is 1. The number of amides is 1. The zero-order valence-electron chi connectivity index (χ0n) is 16.6. The molecule has 1 aromatic rings. The summed E-state index contributed by atoms with van der Waals surface area (Å²) in [5.74, 6) is -1.54. The average Bonchev–Trinajstić information content (AvgIpc) is 3.39. The lowest BCUT2D eigenvalue weighted by Gasteiger charge is -2.42. The Bertz CT molecular complexity index is 691. The predicted molar refractivity (Wildman–Crippen MR) is 112 cm³/mol. The second-order valence-electron chi connectivity index (χ2n) is 9.02. The maximum Gasteiger partial charge on any atom is 0.471 e. The summed E-state index contributed by atoms with van der Waals surface area (Å²) < 4.78 is 40.8. The Hall–Kier alpha value is -0.830. The molecule has 0 spiro atoms. The van der Waals surface area contributed by atoms with Crippen LogP contribution in [0.5, 0.6) is 0 Å². The zero-order chi connectivity index (χ0) is 20.7. The molecule has 0 bridgehead atoms. The predicted octanol–water partition coefficient (Wildman–Crippen LogP) is 5.05. The normalized spacial score (nSPS) is 24.2. The largest absolute Gasteiger partial charge is 0.471 e. The van der Waals surface area contributed by atoms with Crippen molar-refractivity contribution in [1.82, 2.24) is 9.80 Å². The van der Waals surface area contributed by atoms with Crippen LogP contribution in [0.2, 0.25) is 0 Å². The molecule has 2 aliphatic rings. The first kappa shape index (κ1) is 21.9. The van der Waals surface area contributed by atoms with Crippen molar-refractivity contribution in [2.45, 2.75) is 63.7 Å². The van der Waals surface area contributed by atoms with Crippen molar-refractivity contribution in [2.75, 3.05) is 19.6 Å². The van der Waals surface area contributed by atoms with Crippen LogP contribution >= 0.6 is 22.6 Å². The fraction of sp³-hybridized carbons (Fsp3) is 0.667. The van der Waals surface area contributed by atoms with E-state index in [1.54, 1.807) is 0 Å². The molecule has 0 radical (unpaired) electrons. The Balaban J connectivity index is 1.68. The number of alkyl halides is 3. The third kappa shape index (κ3) is 5.20. The number of rotatable bonds is 4. The van der Waals surface area contributed by atoms with Crippen molar-refractivity contribution in [3.05, 3.63) is 33.4 Å². The first-order valence-electron chi connectivity index (χ1n) is 9.85. The van der Waals surface area contributed by atoms with E-state index in [1.807, 2.05) is 24.3 Å². The molecule has 0 N–H and O–H groups in total. The lowest BCUT2D eigenvalue weighted by Crippen LogP contribution is -2.50. The molecule has 0 aromatic heterocycles. The highest BCUT2D eigenvalue weighted by atomic mass is 127. The molecule has 2 fully saturated rings. The highest BCUT2D eigenvalue weighted by Gasteiger charge is 2.52. The lowest BCUT2D eigenvalue weighted by molar-refractivity contribution is -0.187. The van der Waals surface area contributed by atoms with Crippen LogP contribution in [0.3, 0.4) is 0 Å². The van der Waals surface area contributed by atoms with Crippen molar-refractivity contribution in [1.29, 1.82) is 0 Å². The van der Waals surface area contributed by atoms with Gasteiger partial charge in [0, 0.05) is 27.6 Å². The van der Waals surface area contributed by atoms with Crippen LogP contribution in [0.15, 0.2) is 24.3 Å². The van der Waals surface area contributed by atoms with E-state index < -0.39 is 12.1 Å². The summed E-state index contributed by atoms with van der Waals surface area (Å²) in [5.41, 5.74) is 1.09. The number of nitrogens with zero attached hydrogens (tertiary/aromatic N) is 2. The van der Waals surface area contributed by atoms with Gasteiger partial charge in [0.15, 0.2) is 0 Å². The highest BCUT2D eigenvalue weighted by Crippen LogP contribution is 2.46. The van der Waals surface area contributed by atoms with Crippen molar-refractivity contribution < 1.29 is 18.0 Å². The summed E-state index contributed by atoms with van der Waals surface area (Å²) in [6, 6.07) is 7.51. The maximum atomic E-state index is 13.2. The van der Waals surface area contributed by atoms with Gasteiger partial charge in [-0.15, -0.1) is 0 Å². The Labute approximate surface area is 178 Å². The molecule has 1 amide bonds. The van der Waals surface area contributed by atoms with Crippen LogP contribution in [0.4, 0.5) is 13.2 Å². The van der Waals surface area contributed by atoms with E-state index in [0.717, 1.165) is 40.0 Å². The van der Waals surface area contributed by atoms with Gasteiger partial charge < -0.3 is 4.90 Å². The molecule has 0 unspecified atom stereocenters. The van der Waals surface area contributed by atoms with E-state index in [1.165, 1.54) is 0 Å². The van der Waals surface area contributed by atoms with Gasteiger partial charge in [-0.3, -0.25) is 9.69 Å². The van der Waals surface area contributed by atoms with Gasteiger partial charge in [0.2, 0.25) is 0 Å². The minimum absolute atomic E-state index is 0.0120. The highest BCUT2D eigenvalue weighted by molar-refractivity contribution is 14.1. The number of carbonyl (C=O) groups excluding carboxylic acids is 1. The minimum Gasteiger partial charge on any atom is -0.331 e. The molecule has 1 aliphatic carbocycles. The summed E-state index contributed by atoms with van der Waals surface area (Å²) in [5, 5.41) is 0. The van der Waals surface area contributed by atoms with Crippen LogP contribution in [0.1, 0.15) is 51.5 Å². The van der Waals surface area contributed by atoms with Gasteiger partial charge in [0.25, 0.3) is 0 Å². The van der Waals surface area contributed by atoms with Gasteiger partial charge in [0.1, 0.15) is 0 Å². The average molecular weight is 508 g/mol.